The Morgan fingerprint density at radius 2 is 1.91 bits per heavy atom. The van der Waals surface area contributed by atoms with Gasteiger partial charge in [0.1, 0.15) is 0 Å². The molecule has 0 saturated heterocycles. The maximum atomic E-state index is 9.12. The summed E-state index contributed by atoms with van der Waals surface area (Å²) in [6.07, 6.45) is -1.74. The molecule has 68 valence electrons. The van der Waals surface area contributed by atoms with Crippen molar-refractivity contribution in [1.29, 1.82) is 0 Å². The Labute approximate surface area is 66.4 Å². The van der Waals surface area contributed by atoms with Gasteiger partial charge >= 0.3 is 0 Å². The molecule has 0 aliphatic heterocycles. The van der Waals surface area contributed by atoms with E-state index in [0.29, 0.717) is 0 Å². The van der Waals surface area contributed by atoms with E-state index in [2.05, 4.69) is 0 Å². The second-order valence-electron chi connectivity index (χ2n) is 2.58. The highest BCUT2D eigenvalue weighted by molar-refractivity contribution is 4.67. The van der Waals surface area contributed by atoms with Crippen LogP contribution in [0.25, 0.3) is 0 Å². The molecular formula is C7H16O4. The van der Waals surface area contributed by atoms with E-state index in [-0.39, 0.29) is 19.1 Å². The maximum Gasteiger partial charge on any atom is 0.0827 e. The van der Waals surface area contributed by atoms with E-state index >= 15 is 0 Å². The topological polar surface area (TPSA) is 69.9 Å². The fourth-order valence-corrected chi connectivity index (χ4v) is 0.712. The van der Waals surface area contributed by atoms with E-state index in [0.717, 1.165) is 0 Å². The lowest BCUT2D eigenvalue weighted by atomic mass is 10.1. The van der Waals surface area contributed by atoms with Crippen molar-refractivity contribution in [2.75, 3.05) is 13.7 Å². The molecule has 3 N–H and O–H groups in total. The highest BCUT2D eigenvalue weighted by Crippen LogP contribution is 2.04. The number of methoxy groups -OCH3 is 1. The van der Waals surface area contributed by atoms with Crippen LogP contribution in [0.4, 0.5) is 0 Å². The Bertz CT molecular complexity index is 90.4. The minimum Gasteiger partial charge on any atom is -0.394 e. The highest BCUT2D eigenvalue weighted by Gasteiger charge is 2.16. The van der Waals surface area contributed by atoms with Gasteiger partial charge in [-0.3, -0.25) is 0 Å². The van der Waals surface area contributed by atoms with Crippen LogP contribution < -0.4 is 0 Å². The first-order chi connectivity index (χ1) is 5.11. The molecule has 0 bridgehead atoms. The molecule has 0 aromatic carbocycles. The molecule has 3 atom stereocenters. The zero-order chi connectivity index (χ0) is 8.85. The monoisotopic (exact) mass is 164 g/mol. The van der Waals surface area contributed by atoms with Crippen LogP contribution >= 0.6 is 0 Å². The van der Waals surface area contributed by atoms with E-state index < -0.39 is 12.2 Å². The Kier molecular flexibility index (Phi) is 5.41. The SMILES string of the molecule is COC(CO)CC(O)C(C)O. The van der Waals surface area contributed by atoms with Crippen molar-refractivity contribution in [3.8, 4) is 0 Å². The Hall–Kier alpha value is -0.160. The predicted molar refractivity (Wildman–Crippen MR) is 40.2 cm³/mol. The van der Waals surface area contributed by atoms with Gasteiger partial charge in [-0.25, -0.2) is 0 Å². The molecule has 0 aliphatic carbocycles. The van der Waals surface area contributed by atoms with Gasteiger partial charge in [0.05, 0.1) is 24.9 Å². The Morgan fingerprint density at radius 3 is 2.18 bits per heavy atom. The third kappa shape index (κ3) is 4.31. The summed E-state index contributed by atoms with van der Waals surface area (Å²) >= 11 is 0. The van der Waals surface area contributed by atoms with Crippen molar-refractivity contribution in [3.05, 3.63) is 0 Å². The largest absolute Gasteiger partial charge is 0.394 e. The average molecular weight is 164 g/mol. The highest BCUT2D eigenvalue weighted by atomic mass is 16.5. The van der Waals surface area contributed by atoms with Gasteiger partial charge in [0.2, 0.25) is 0 Å². The molecule has 4 heteroatoms. The lowest BCUT2D eigenvalue weighted by Gasteiger charge is -2.18. The van der Waals surface area contributed by atoms with Crippen molar-refractivity contribution in [1.82, 2.24) is 0 Å². The van der Waals surface area contributed by atoms with E-state index in [4.69, 9.17) is 20.1 Å². The third-order valence-corrected chi connectivity index (χ3v) is 1.60. The standard InChI is InChI=1S/C7H16O4/c1-5(9)7(10)3-6(4-8)11-2/h5-10H,3-4H2,1-2H3. The second-order valence-corrected chi connectivity index (χ2v) is 2.58. The molecule has 0 fully saturated rings. The molecule has 3 unspecified atom stereocenters. The minimum absolute atomic E-state index is 0.139. The second kappa shape index (κ2) is 5.49. The molecule has 4 nitrogen and oxygen atoms in total. The van der Waals surface area contributed by atoms with Gasteiger partial charge in [-0.15, -0.1) is 0 Å². The zero-order valence-corrected chi connectivity index (χ0v) is 6.90. The number of hydrogen-bond acceptors (Lipinski definition) is 4. The van der Waals surface area contributed by atoms with Crippen LogP contribution in [0, 0.1) is 0 Å². The molecule has 0 radical (unpaired) electrons. The summed E-state index contributed by atoms with van der Waals surface area (Å²) in [5.41, 5.74) is 0. The van der Waals surface area contributed by atoms with Crippen LogP contribution in [0.15, 0.2) is 0 Å². The lowest BCUT2D eigenvalue weighted by molar-refractivity contribution is -0.0306. The predicted octanol–water partition coefficient (Wildman–Crippen LogP) is -0.875. The maximum absolute atomic E-state index is 9.12. The quantitative estimate of drug-likeness (QED) is 0.494. The van der Waals surface area contributed by atoms with Gasteiger partial charge in [-0.2, -0.15) is 0 Å². The van der Waals surface area contributed by atoms with E-state index in [1.165, 1.54) is 14.0 Å². The van der Waals surface area contributed by atoms with Crippen LogP contribution in [0.2, 0.25) is 0 Å². The molecule has 0 rings (SSSR count). The van der Waals surface area contributed by atoms with Gasteiger partial charge in [0.25, 0.3) is 0 Å². The zero-order valence-electron chi connectivity index (χ0n) is 6.90. The van der Waals surface area contributed by atoms with Crippen molar-refractivity contribution in [2.45, 2.75) is 31.7 Å². The molecule has 0 amide bonds. The number of ether oxygens (including phenoxy) is 1. The molecule has 0 saturated carbocycles. The first-order valence-corrected chi connectivity index (χ1v) is 3.61. The fourth-order valence-electron chi connectivity index (χ4n) is 0.712. The number of aliphatic hydroxyl groups excluding tert-OH is 3. The summed E-state index contributed by atoms with van der Waals surface area (Å²) in [7, 11) is 1.45. The molecular weight excluding hydrogens is 148 g/mol. The van der Waals surface area contributed by atoms with Crippen LogP contribution in [0.3, 0.4) is 0 Å². The van der Waals surface area contributed by atoms with Crippen molar-refractivity contribution in [3.63, 3.8) is 0 Å². The van der Waals surface area contributed by atoms with E-state index in [1.807, 2.05) is 0 Å². The normalized spacial score (nSPS) is 19.4. The number of aliphatic hydroxyl groups is 3. The third-order valence-electron chi connectivity index (χ3n) is 1.60. The Morgan fingerprint density at radius 1 is 1.36 bits per heavy atom. The summed E-state index contributed by atoms with van der Waals surface area (Å²) in [5, 5.41) is 26.6. The van der Waals surface area contributed by atoms with Crippen molar-refractivity contribution in [2.24, 2.45) is 0 Å². The number of rotatable bonds is 5. The fraction of sp³-hybridized carbons (Fsp3) is 1.00. The van der Waals surface area contributed by atoms with Gasteiger partial charge in [0.15, 0.2) is 0 Å². The smallest absolute Gasteiger partial charge is 0.0827 e. The van der Waals surface area contributed by atoms with Crippen LogP contribution in [0.1, 0.15) is 13.3 Å². The average Bonchev–Trinajstić information content (AvgIpc) is 1.99. The molecule has 0 spiro atoms. The molecule has 0 aromatic rings. The summed E-state index contributed by atoms with van der Waals surface area (Å²) in [5.74, 6) is 0. The first kappa shape index (κ1) is 10.8. The summed E-state index contributed by atoms with van der Waals surface area (Å²) < 4.78 is 4.80. The van der Waals surface area contributed by atoms with Crippen LogP contribution in [0.5, 0.6) is 0 Å². The van der Waals surface area contributed by atoms with Crippen molar-refractivity contribution >= 4 is 0 Å². The first-order valence-electron chi connectivity index (χ1n) is 3.61. The minimum atomic E-state index is -0.827. The van der Waals surface area contributed by atoms with Gasteiger partial charge in [-0.05, 0) is 6.92 Å². The molecule has 0 heterocycles. The van der Waals surface area contributed by atoms with Crippen LogP contribution in [-0.4, -0.2) is 47.3 Å². The summed E-state index contributed by atoms with van der Waals surface area (Å²) in [6.45, 7) is 1.36. The molecule has 11 heavy (non-hydrogen) atoms. The Balaban J connectivity index is 3.62. The lowest BCUT2D eigenvalue weighted by Crippen LogP contribution is -2.30. The van der Waals surface area contributed by atoms with Crippen LogP contribution in [-0.2, 0) is 4.74 Å². The van der Waals surface area contributed by atoms with Gasteiger partial charge in [-0.1, -0.05) is 0 Å². The number of hydrogen-bond donors (Lipinski definition) is 3. The molecule has 0 aromatic heterocycles. The van der Waals surface area contributed by atoms with E-state index in [9.17, 15) is 0 Å². The molecule has 0 aliphatic rings. The van der Waals surface area contributed by atoms with Crippen molar-refractivity contribution < 1.29 is 20.1 Å². The summed E-state index contributed by atoms with van der Waals surface area (Å²) in [4.78, 5) is 0. The van der Waals surface area contributed by atoms with Gasteiger partial charge < -0.3 is 20.1 Å². The van der Waals surface area contributed by atoms with Gasteiger partial charge in [0, 0.05) is 13.5 Å². The summed E-state index contributed by atoms with van der Waals surface area (Å²) in [6, 6.07) is 0. The van der Waals surface area contributed by atoms with E-state index in [1.54, 1.807) is 0 Å².